The molecule has 4 nitrogen and oxygen atoms in total. The summed E-state index contributed by atoms with van der Waals surface area (Å²) in [5.74, 6) is 0.519. The summed E-state index contributed by atoms with van der Waals surface area (Å²) in [5, 5.41) is 5.77. The van der Waals surface area contributed by atoms with Crippen molar-refractivity contribution in [3.8, 4) is 0 Å². The molecule has 1 N–H and O–H groups in total. The van der Waals surface area contributed by atoms with E-state index in [2.05, 4.69) is 29.4 Å². The Morgan fingerprint density at radius 3 is 2.76 bits per heavy atom. The number of carbonyl (C=O) groups excluding carboxylic acids is 1. The number of hydrogen-bond acceptors (Lipinski definition) is 4. The molecular weight excluding hydrogens is 312 g/mol. The monoisotopic (exact) mass is 340 g/mol. The standard InChI is InChI=1S/C21H28N2O2/c1-4-8-25-21(24)19-11-18-10-17(13-22-12-16-6-5-7-16)9-14(2)20(18)15(3)23-19/h9-11,16,22H,4-8,12-13H2,1-3H3. The number of esters is 1. The Labute approximate surface area is 150 Å². The van der Waals surface area contributed by atoms with Gasteiger partial charge < -0.3 is 10.1 Å². The first-order chi connectivity index (χ1) is 12.1. The number of hydrogen-bond donors (Lipinski definition) is 1. The van der Waals surface area contributed by atoms with Crippen LogP contribution in [0.25, 0.3) is 10.8 Å². The third-order valence-corrected chi connectivity index (χ3v) is 5.00. The normalized spacial score (nSPS) is 14.5. The van der Waals surface area contributed by atoms with E-state index in [-0.39, 0.29) is 5.97 Å². The molecule has 1 heterocycles. The van der Waals surface area contributed by atoms with Gasteiger partial charge in [-0.25, -0.2) is 9.78 Å². The van der Waals surface area contributed by atoms with Gasteiger partial charge in [-0.1, -0.05) is 19.4 Å². The summed E-state index contributed by atoms with van der Waals surface area (Å²) in [7, 11) is 0. The Kier molecular flexibility index (Phi) is 5.69. The highest BCUT2D eigenvalue weighted by Gasteiger charge is 2.17. The highest BCUT2D eigenvalue weighted by atomic mass is 16.5. The maximum atomic E-state index is 12.2. The fraction of sp³-hybridized carbons (Fsp3) is 0.524. The summed E-state index contributed by atoms with van der Waals surface area (Å²) in [6.07, 6.45) is 4.91. The number of pyridine rings is 1. The molecule has 0 atom stereocenters. The molecule has 0 radical (unpaired) electrons. The molecule has 0 aliphatic heterocycles. The predicted octanol–water partition coefficient (Wildman–Crippen LogP) is 4.31. The number of aromatic nitrogens is 1. The van der Waals surface area contributed by atoms with Crippen LogP contribution in [-0.4, -0.2) is 24.1 Å². The van der Waals surface area contributed by atoms with Crippen molar-refractivity contribution in [2.45, 2.75) is 53.0 Å². The molecule has 0 unspecified atom stereocenters. The maximum Gasteiger partial charge on any atom is 0.356 e. The van der Waals surface area contributed by atoms with Crippen LogP contribution in [0, 0.1) is 19.8 Å². The average Bonchev–Trinajstić information content (AvgIpc) is 2.54. The van der Waals surface area contributed by atoms with Crippen LogP contribution in [0.15, 0.2) is 18.2 Å². The molecular formula is C21H28N2O2. The Balaban J connectivity index is 1.81. The summed E-state index contributed by atoms with van der Waals surface area (Å²) < 4.78 is 5.24. The van der Waals surface area contributed by atoms with E-state index in [1.807, 2.05) is 19.9 Å². The van der Waals surface area contributed by atoms with Crippen LogP contribution in [0.4, 0.5) is 0 Å². The van der Waals surface area contributed by atoms with Crippen molar-refractivity contribution in [3.05, 3.63) is 40.7 Å². The summed E-state index contributed by atoms with van der Waals surface area (Å²) in [6.45, 7) is 8.45. The van der Waals surface area contributed by atoms with E-state index in [9.17, 15) is 4.79 Å². The SMILES string of the molecule is CCCOC(=O)c1cc2cc(CNCC3CCC3)cc(C)c2c(C)n1. The summed E-state index contributed by atoms with van der Waals surface area (Å²) >= 11 is 0. The molecule has 1 aliphatic rings. The van der Waals surface area contributed by atoms with Gasteiger partial charge >= 0.3 is 5.97 Å². The van der Waals surface area contributed by atoms with E-state index < -0.39 is 0 Å². The number of carbonyl (C=O) groups is 1. The Hall–Kier alpha value is -1.94. The van der Waals surface area contributed by atoms with E-state index in [0.29, 0.717) is 12.3 Å². The van der Waals surface area contributed by atoms with Crippen LogP contribution in [0.3, 0.4) is 0 Å². The predicted molar refractivity (Wildman–Crippen MR) is 101 cm³/mol. The quantitative estimate of drug-likeness (QED) is 0.763. The summed E-state index contributed by atoms with van der Waals surface area (Å²) in [4.78, 5) is 16.6. The zero-order chi connectivity index (χ0) is 17.8. The third-order valence-electron chi connectivity index (χ3n) is 5.00. The smallest absolute Gasteiger partial charge is 0.356 e. The molecule has 134 valence electrons. The van der Waals surface area contributed by atoms with Gasteiger partial charge in [0.1, 0.15) is 5.69 Å². The number of benzene rings is 1. The van der Waals surface area contributed by atoms with Crippen molar-refractivity contribution in [2.75, 3.05) is 13.2 Å². The first kappa shape index (κ1) is 17.9. The van der Waals surface area contributed by atoms with Crippen molar-refractivity contribution in [1.29, 1.82) is 0 Å². The van der Waals surface area contributed by atoms with Gasteiger partial charge in [0.15, 0.2) is 0 Å². The minimum Gasteiger partial charge on any atom is -0.461 e. The van der Waals surface area contributed by atoms with E-state index in [1.54, 1.807) is 0 Å². The molecule has 1 aromatic carbocycles. The number of ether oxygens (including phenoxy) is 1. The Morgan fingerprint density at radius 1 is 1.28 bits per heavy atom. The van der Waals surface area contributed by atoms with E-state index in [1.165, 1.54) is 30.4 Å². The molecule has 0 spiro atoms. The number of nitrogens with one attached hydrogen (secondary N) is 1. The van der Waals surface area contributed by atoms with Crippen LogP contribution >= 0.6 is 0 Å². The third kappa shape index (κ3) is 4.18. The first-order valence-corrected chi connectivity index (χ1v) is 9.37. The fourth-order valence-electron chi connectivity index (χ4n) is 3.51. The zero-order valence-corrected chi connectivity index (χ0v) is 15.5. The van der Waals surface area contributed by atoms with Gasteiger partial charge in [-0.2, -0.15) is 0 Å². The second-order valence-electron chi connectivity index (χ2n) is 7.17. The van der Waals surface area contributed by atoms with Crippen LogP contribution in [0.5, 0.6) is 0 Å². The summed E-state index contributed by atoms with van der Waals surface area (Å²) in [6, 6.07) is 6.25. The average molecular weight is 340 g/mol. The number of aryl methyl sites for hydroxylation is 2. The Bertz CT molecular complexity index is 766. The lowest BCUT2D eigenvalue weighted by atomic mass is 9.85. The molecule has 0 saturated heterocycles. The van der Waals surface area contributed by atoms with Crippen LogP contribution in [-0.2, 0) is 11.3 Å². The minimum atomic E-state index is -0.335. The molecule has 4 heteroatoms. The molecule has 2 aromatic rings. The van der Waals surface area contributed by atoms with Gasteiger partial charge in [-0.3, -0.25) is 0 Å². The van der Waals surface area contributed by atoms with Crippen LogP contribution < -0.4 is 5.32 Å². The lowest BCUT2D eigenvalue weighted by molar-refractivity contribution is 0.0498. The molecule has 1 fully saturated rings. The van der Waals surface area contributed by atoms with Gasteiger partial charge in [0.05, 0.1) is 6.61 Å². The highest BCUT2D eigenvalue weighted by molar-refractivity contribution is 5.95. The molecule has 0 bridgehead atoms. The van der Waals surface area contributed by atoms with Crippen LogP contribution in [0.1, 0.15) is 59.9 Å². The maximum absolute atomic E-state index is 12.2. The fourth-order valence-corrected chi connectivity index (χ4v) is 3.51. The lowest BCUT2D eigenvalue weighted by Gasteiger charge is -2.25. The van der Waals surface area contributed by atoms with Crippen molar-refractivity contribution < 1.29 is 9.53 Å². The molecule has 3 rings (SSSR count). The minimum absolute atomic E-state index is 0.335. The van der Waals surface area contributed by atoms with Gasteiger partial charge in [-0.15, -0.1) is 0 Å². The number of nitrogens with zero attached hydrogens (tertiary/aromatic N) is 1. The van der Waals surface area contributed by atoms with Crippen molar-refractivity contribution >= 4 is 16.7 Å². The van der Waals surface area contributed by atoms with E-state index in [4.69, 9.17) is 4.74 Å². The van der Waals surface area contributed by atoms with Crippen molar-refractivity contribution in [3.63, 3.8) is 0 Å². The second-order valence-corrected chi connectivity index (χ2v) is 7.17. The molecule has 1 saturated carbocycles. The van der Waals surface area contributed by atoms with Crippen molar-refractivity contribution in [2.24, 2.45) is 5.92 Å². The molecule has 25 heavy (non-hydrogen) atoms. The lowest BCUT2D eigenvalue weighted by Crippen LogP contribution is -2.26. The Morgan fingerprint density at radius 2 is 2.08 bits per heavy atom. The number of fused-ring (bicyclic) bond motifs is 1. The number of rotatable bonds is 7. The topological polar surface area (TPSA) is 51.2 Å². The molecule has 1 aromatic heterocycles. The largest absolute Gasteiger partial charge is 0.461 e. The molecule has 0 amide bonds. The summed E-state index contributed by atoms with van der Waals surface area (Å²) in [5.41, 5.74) is 3.74. The van der Waals surface area contributed by atoms with Crippen LogP contribution in [0.2, 0.25) is 0 Å². The first-order valence-electron chi connectivity index (χ1n) is 9.37. The van der Waals surface area contributed by atoms with E-state index >= 15 is 0 Å². The van der Waals surface area contributed by atoms with Crippen molar-refractivity contribution in [1.82, 2.24) is 10.3 Å². The van der Waals surface area contributed by atoms with Gasteiger partial charge in [0, 0.05) is 17.6 Å². The zero-order valence-electron chi connectivity index (χ0n) is 15.5. The second kappa shape index (κ2) is 7.96. The van der Waals surface area contributed by atoms with Gasteiger partial charge in [0.2, 0.25) is 0 Å². The molecule has 1 aliphatic carbocycles. The highest BCUT2D eigenvalue weighted by Crippen LogP contribution is 2.26. The van der Waals surface area contributed by atoms with E-state index in [0.717, 1.165) is 41.9 Å². The van der Waals surface area contributed by atoms with Gasteiger partial charge in [-0.05, 0) is 74.2 Å². The van der Waals surface area contributed by atoms with Gasteiger partial charge in [0.25, 0.3) is 0 Å².